The van der Waals surface area contributed by atoms with Gasteiger partial charge in [-0.15, -0.1) is 0 Å². The number of ether oxygens (including phenoxy) is 1. The van der Waals surface area contributed by atoms with Crippen molar-refractivity contribution in [3.05, 3.63) is 0 Å². The summed E-state index contributed by atoms with van der Waals surface area (Å²) in [5.41, 5.74) is 1.45. The van der Waals surface area contributed by atoms with Crippen LogP contribution in [0, 0.1) is 58.2 Å². The Morgan fingerprint density at radius 1 is 0.625 bits per heavy atom. The molecule has 9 aliphatic rings. The molecule has 0 aromatic rings. The maximum Gasteiger partial charge on any atom is 0.0547 e. The van der Waals surface area contributed by atoms with Crippen molar-refractivity contribution in [2.75, 3.05) is 6.61 Å². The van der Waals surface area contributed by atoms with Gasteiger partial charge in [0, 0.05) is 6.61 Å². The Morgan fingerprint density at radius 2 is 1.06 bits per heavy atom. The Balaban J connectivity index is 0.000000106. The Bertz CT molecular complexity index is 568. The molecule has 0 aromatic carbocycles. The van der Waals surface area contributed by atoms with E-state index in [9.17, 15) is 0 Å². The molecule has 1 unspecified atom stereocenters. The fourth-order valence-corrected chi connectivity index (χ4v) is 10.1. The first-order chi connectivity index (χ1) is 15.3. The first-order valence-electron chi connectivity index (χ1n) is 14.9. The second kappa shape index (κ2) is 9.20. The second-order valence-corrected chi connectivity index (χ2v) is 14.5. The predicted octanol–water partition coefficient (Wildman–Crippen LogP) is 8.90. The zero-order valence-electron chi connectivity index (χ0n) is 22.2. The summed E-state index contributed by atoms with van der Waals surface area (Å²) in [5.74, 6) is 8.95. The van der Waals surface area contributed by atoms with Crippen molar-refractivity contribution in [3.63, 3.8) is 0 Å². The highest BCUT2D eigenvalue weighted by atomic mass is 16.5. The largest absolute Gasteiger partial charge is 0.379 e. The van der Waals surface area contributed by atoms with Gasteiger partial charge < -0.3 is 4.74 Å². The molecule has 1 heterocycles. The van der Waals surface area contributed by atoms with Crippen molar-refractivity contribution in [2.45, 2.75) is 131 Å². The van der Waals surface area contributed by atoms with Crippen molar-refractivity contribution in [2.24, 2.45) is 58.2 Å². The molecule has 1 nitrogen and oxygen atoms in total. The van der Waals surface area contributed by atoms with Gasteiger partial charge in [0.25, 0.3) is 0 Å². The summed E-state index contributed by atoms with van der Waals surface area (Å²) in [6, 6.07) is 0. The molecule has 0 spiro atoms. The van der Waals surface area contributed by atoms with E-state index in [0.29, 0.717) is 11.5 Å². The minimum atomic E-state index is 0.536. The first kappa shape index (κ1) is 23.7. The molecule has 32 heavy (non-hydrogen) atoms. The van der Waals surface area contributed by atoms with Gasteiger partial charge in [0.1, 0.15) is 0 Å². The predicted molar refractivity (Wildman–Crippen MR) is 136 cm³/mol. The van der Waals surface area contributed by atoms with E-state index in [1.54, 1.807) is 64.2 Å². The van der Waals surface area contributed by atoms with Gasteiger partial charge in [0.15, 0.2) is 0 Å². The minimum Gasteiger partial charge on any atom is -0.379 e. The van der Waals surface area contributed by atoms with Crippen LogP contribution < -0.4 is 0 Å². The lowest BCUT2D eigenvalue weighted by molar-refractivity contribution is -0.1000. The van der Waals surface area contributed by atoms with E-state index in [1.807, 2.05) is 0 Å². The highest BCUT2D eigenvalue weighted by Gasteiger charge is 2.54. The van der Waals surface area contributed by atoms with Gasteiger partial charge in [0.05, 0.1) is 6.10 Å². The second-order valence-electron chi connectivity index (χ2n) is 14.5. The highest BCUT2D eigenvalue weighted by Crippen LogP contribution is 2.63. The van der Waals surface area contributed by atoms with Crippen LogP contribution in [0.3, 0.4) is 0 Å². The first-order valence-corrected chi connectivity index (χ1v) is 14.9. The molecule has 0 N–H and O–H groups in total. The third-order valence-corrected chi connectivity index (χ3v) is 12.4. The topological polar surface area (TPSA) is 9.23 Å². The van der Waals surface area contributed by atoms with Crippen LogP contribution in [0.5, 0.6) is 0 Å². The molecule has 1 heteroatoms. The van der Waals surface area contributed by atoms with E-state index in [-0.39, 0.29) is 0 Å². The molecule has 1 aliphatic heterocycles. The lowest BCUT2D eigenvalue weighted by Gasteiger charge is -2.60. The zero-order chi connectivity index (χ0) is 22.5. The molecule has 8 saturated carbocycles. The number of rotatable bonds is 1. The molecule has 0 amide bonds. The minimum absolute atomic E-state index is 0.536. The van der Waals surface area contributed by atoms with E-state index >= 15 is 0 Å². The summed E-state index contributed by atoms with van der Waals surface area (Å²) in [5, 5.41) is 0. The van der Waals surface area contributed by atoms with E-state index in [2.05, 4.69) is 34.6 Å². The smallest absolute Gasteiger partial charge is 0.0547 e. The van der Waals surface area contributed by atoms with Crippen LogP contribution in [-0.2, 0) is 4.74 Å². The summed E-state index contributed by atoms with van der Waals surface area (Å²) >= 11 is 0. The van der Waals surface area contributed by atoms with Crippen LogP contribution >= 0.6 is 0 Å². The van der Waals surface area contributed by atoms with Crippen LogP contribution in [0.25, 0.3) is 0 Å². The summed E-state index contributed by atoms with van der Waals surface area (Å²) in [4.78, 5) is 0. The van der Waals surface area contributed by atoms with Gasteiger partial charge in [-0.1, -0.05) is 34.1 Å². The van der Waals surface area contributed by atoms with Crippen LogP contribution in [0.15, 0.2) is 0 Å². The molecular weight excluding hydrogens is 388 g/mol. The van der Waals surface area contributed by atoms with Gasteiger partial charge in [-0.3, -0.25) is 0 Å². The Kier molecular flexibility index (Phi) is 6.81. The lowest BCUT2D eigenvalue weighted by atomic mass is 9.45. The zero-order valence-corrected chi connectivity index (χ0v) is 22.2. The molecule has 8 bridgehead atoms. The summed E-state index contributed by atoms with van der Waals surface area (Å²) in [6.45, 7) is 13.2. The van der Waals surface area contributed by atoms with Crippen LogP contribution in [-0.4, -0.2) is 12.7 Å². The molecule has 0 radical (unpaired) electrons. The van der Waals surface area contributed by atoms with E-state index in [4.69, 9.17) is 4.74 Å². The quantitative estimate of drug-likeness (QED) is 0.394. The summed E-state index contributed by atoms with van der Waals surface area (Å²) in [6.07, 6.45) is 21.6. The molecule has 1 atom stereocenters. The summed E-state index contributed by atoms with van der Waals surface area (Å²) in [7, 11) is 0. The molecule has 8 aliphatic carbocycles. The van der Waals surface area contributed by atoms with Crippen molar-refractivity contribution in [3.8, 4) is 0 Å². The lowest BCUT2D eigenvalue weighted by Crippen LogP contribution is -2.51. The monoisotopic (exact) mass is 442 g/mol. The third kappa shape index (κ3) is 4.47. The molecule has 0 aromatic heterocycles. The average Bonchev–Trinajstić information content (AvgIpc) is 2.76. The van der Waals surface area contributed by atoms with Crippen LogP contribution in [0.1, 0.15) is 125 Å². The van der Waals surface area contributed by atoms with Crippen molar-refractivity contribution < 1.29 is 4.74 Å². The van der Waals surface area contributed by atoms with E-state index in [0.717, 1.165) is 59.4 Å². The maximum atomic E-state index is 5.28. The highest BCUT2D eigenvalue weighted by molar-refractivity contribution is 5.04. The average molecular weight is 443 g/mol. The van der Waals surface area contributed by atoms with Gasteiger partial charge in [-0.2, -0.15) is 0 Å². The fourth-order valence-electron chi connectivity index (χ4n) is 10.1. The Labute approximate surface area is 200 Å². The fraction of sp³-hybridized carbons (Fsp3) is 1.00. The Hall–Kier alpha value is -0.0400. The molecular formula is C31H54O. The van der Waals surface area contributed by atoms with Crippen molar-refractivity contribution in [1.29, 1.82) is 0 Å². The molecule has 9 rings (SSSR count). The maximum absolute atomic E-state index is 5.28. The standard InChI is InChI=1S/C13H22.C12H20.C6H12O/c1-3-13(2)11-5-9-4-10(7-11)8-12(13)6-9;1-12(2)10-4-8-3-9(6-10)7-11(12)5-8;1-6-4-2-3-5-7-6/h9-12H,3-8H2,1-2H3;8-11H,3-7H2,1-2H3;6H,2-5H2,1H3. The van der Waals surface area contributed by atoms with Gasteiger partial charge >= 0.3 is 0 Å². The van der Waals surface area contributed by atoms with Gasteiger partial charge in [-0.25, -0.2) is 0 Å². The third-order valence-electron chi connectivity index (χ3n) is 12.4. The molecule has 184 valence electrons. The number of hydrogen-bond acceptors (Lipinski definition) is 1. The van der Waals surface area contributed by atoms with Gasteiger partial charge in [0.2, 0.25) is 0 Å². The SMILES string of the molecule is CC1(C)C2CC3CC(C2)CC1C3.CC1CCCCO1.CCC1(C)C2CC3CC(C2)CC1C3. The Morgan fingerprint density at radius 3 is 1.38 bits per heavy atom. The van der Waals surface area contributed by atoms with Crippen LogP contribution in [0.2, 0.25) is 0 Å². The molecule has 1 saturated heterocycles. The van der Waals surface area contributed by atoms with Crippen LogP contribution in [0.4, 0.5) is 0 Å². The van der Waals surface area contributed by atoms with Crippen molar-refractivity contribution >= 4 is 0 Å². The van der Waals surface area contributed by atoms with E-state index in [1.165, 1.54) is 25.7 Å². The van der Waals surface area contributed by atoms with Crippen molar-refractivity contribution in [1.82, 2.24) is 0 Å². The van der Waals surface area contributed by atoms with E-state index < -0.39 is 0 Å². The normalized spacial score (nSPS) is 51.5. The molecule has 9 fully saturated rings. The van der Waals surface area contributed by atoms with Gasteiger partial charge in [-0.05, 0) is 149 Å². The number of hydrogen-bond donors (Lipinski definition) is 0. The summed E-state index contributed by atoms with van der Waals surface area (Å²) < 4.78 is 5.28.